The Hall–Kier alpha value is -3.21. The normalized spacial score (nSPS) is 17.3. The van der Waals surface area contributed by atoms with Gasteiger partial charge < -0.3 is 38.6 Å². The zero-order valence-electron chi connectivity index (χ0n) is 28.1. The molecule has 1 aliphatic rings. The third-order valence-electron chi connectivity index (χ3n) is 7.80. The molecule has 1 aromatic heterocycles. The van der Waals surface area contributed by atoms with Crippen molar-refractivity contribution in [2.24, 2.45) is 4.99 Å². The number of pyridine rings is 1. The molecule has 0 amide bonds. The molecule has 270 valence electrons. The standard InChI is InChI=1S/C34H48N4O10S/c1-27-28(4-2-5-29(27)33(39)40)24-37-9-14-44-18-20-46-16-11-38(12-17-47-21-19-45-15-10-37)32(25-48-23-22-43-13-8-35-26-49)30-6-3-7-31(36-30)34(41)42/h2-7,32H,8-25H2,1H3,(H,39,40)(H,41,42). The number of hydrogen-bond acceptors (Lipinski definition) is 13. The Morgan fingerprint density at radius 1 is 0.857 bits per heavy atom. The molecule has 2 N–H and O–H groups in total. The van der Waals surface area contributed by atoms with Crippen LogP contribution in [0.3, 0.4) is 0 Å². The molecule has 14 nitrogen and oxygen atoms in total. The number of nitrogens with zero attached hydrogens (tertiary/aromatic N) is 4. The molecule has 1 aromatic carbocycles. The fourth-order valence-corrected chi connectivity index (χ4v) is 5.21. The number of aromatic nitrogens is 1. The minimum atomic E-state index is -1.11. The van der Waals surface area contributed by atoms with Crippen LogP contribution in [0.25, 0.3) is 0 Å². The van der Waals surface area contributed by atoms with Gasteiger partial charge in [0.2, 0.25) is 0 Å². The molecular formula is C34H48N4O10S. The average molecular weight is 705 g/mol. The first-order chi connectivity index (χ1) is 23.9. The Balaban J connectivity index is 1.59. The lowest BCUT2D eigenvalue weighted by molar-refractivity contribution is -0.0161. The third kappa shape index (κ3) is 15.5. The Morgan fingerprint density at radius 2 is 1.47 bits per heavy atom. The number of rotatable bonds is 14. The topological polar surface area (TPSA) is 162 Å². The van der Waals surface area contributed by atoms with E-state index in [0.717, 1.165) is 11.1 Å². The molecule has 49 heavy (non-hydrogen) atoms. The highest BCUT2D eigenvalue weighted by atomic mass is 32.1. The highest BCUT2D eigenvalue weighted by Gasteiger charge is 2.23. The van der Waals surface area contributed by atoms with E-state index in [9.17, 15) is 19.8 Å². The molecule has 15 heteroatoms. The monoisotopic (exact) mass is 704 g/mol. The van der Waals surface area contributed by atoms with Crippen molar-refractivity contribution in [2.45, 2.75) is 19.5 Å². The van der Waals surface area contributed by atoms with E-state index in [2.05, 4.69) is 37.2 Å². The van der Waals surface area contributed by atoms with E-state index in [-0.39, 0.29) is 18.3 Å². The molecule has 3 rings (SSSR count). The summed E-state index contributed by atoms with van der Waals surface area (Å²) in [4.78, 5) is 35.8. The van der Waals surface area contributed by atoms with Gasteiger partial charge in [-0.2, -0.15) is 0 Å². The largest absolute Gasteiger partial charge is 0.478 e. The van der Waals surface area contributed by atoms with Gasteiger partial charge in [-0.05, 0) is 48.5 Å². The number of carboxylic acid groups (broad SMARTS) is 2. The predicted molar refractivity (Wildman–Crippen MR) is 184 cm³/mol. The number of aromatic carboxylic acids is 2. The smallest absolute Gasteiger partial charge is 0.354 e. The van der Waals surface area contributed by atoms with Crippen molar-refractivity contribution in [1.82, 2.24) is 14.8 Å². The van der Waals surface area contributed by atoms with Gasteiger partial charge in [0.05, 0.1) is 108 Å². The van der Waals surface area contributed by atoms with Gasteiger partial charge in [-0.25, -0.2) is 19.6 Å². The zero-order valence-corrected chi connectivity index (χ0v) is 28.9. The first-order valence-electron chi connectivity index (χ1n) is 16.4. The Kier molecular flexibility index (Phi) is 19.7. The van der Waals surface area contributed by atoms with Gasteiger partial charge in [0.15, 0.2) is 0 Å². The molecule has 1 atom stereocenters. The second kappa shape index (κ2) is 24.0. The summed E-state index contributed by atoms with van der Waals surface area (Å²) in [6.45, 7) is 9.87. The van der Waals surface area contributed by atoms with E-state index in [1.54, 1.807) is 24.3 Å². The van der Waals surface area contributed by atoms with Gasteiger partial charge in [0, 0.05) is 32.7 Å². The Bertz CT molecular complexity index is 1310. The molecule has 0 saturated carbocycles. The van der Waals surface area contributed by atoms with Crippen molar-refractivity contribution in [3.63, 3.8) is 0 Å². The number of hydrogen-bond donors (Lipinski definition) is 2. The number of isothiocyanates is 1. The second-order valence-corrected chi connectivity index (χ2v) is 11.3. The number of carboxylic acids is 2. The lowest BCUT2D eigenvalue weighted by Crippen LogP contribution is -2.38. The number of thiocarbonyl (C=S) groups is 1. The van der Waals surface area contributed by atoms with Crippen LogP contribution in [0.2, 0.25) is 0 Å². The first kappa shape index (κ1) is 40.2. The van der Waals surface area contributed by atoms with E-state index < -0.39 is 11.9 Å². The van der Waals surface area contributed by atoms with E-state index in [1.165, 1.54) is 6.07 Å². The van der Waals surface area contributed by atoms with Crippen molar-refractivity contribution < 1.29 is 48.2 Å². The van der Waals surface area contributed by atoms with E-state index in [0.29, 0.717) is 123 Å². The summed E-state index contributed by atoms with van der Waals surface area (Å²) in [6, 6.07) is 9.91. The fourth-order valence-electron chi connectivity index (χ4n) is 5.12. The molecule has 0 radical (unpaired) electrons. The lowest BCUT2D eigenvalue weighted by atomic mass is 10.0. The van der Waals surface area contributed by atoms with Gasteiger partial charge in [0.1, 0.15) is 5.69 Å². The Labute approximate surface area is 292 Å². The summed E-state index contributed by atoms with van der Waals surface area (Å²) in [5, 5.41) is 21.4. The van der Waals surface area contributed by atoms with Crippen molar-refractivity contribution in [2.75, 3.05) is 112 Å². The maximum Gasteiger partial charge on any atom is 0.354 e. The van der Waals surface area contributed by atoms with Gasteiger partial charge >= 0.3 is 11.9 Å². The molecule has 1 saturated heterocycles. The zero-order chi connectivity index (χ0) is 35.1. The van der Waals surface area contributed by atoms with Crippen LogP contribution in [0.15, 0.2) is 41.4 Å². The highest BCUT2D eigenvalue weighted by Crippen LogP contribution is 2.21. The van der Waals surface area contributed by atoms with Gasteiger partial charge in [0.25, 0.3) is 0 Å². The van der Waals surface area contributed by atoms with E-state index in [1.807, 2.05) is 13.0 Å². The molecule has 0 aliphatic carbocycles. The quantitative estimate of drug-likeness (QED) is 0.168. The maximum atomic E-state index is 11.7. The van der Waals surface area contributed by atoms with Crippen LogP contribution in [-0.2, 0) is 35.0 Å². The van der Waals surface area contributed by atoms with Crippen LogP contribution in [-0.4, -0.2) is 154 Å². The summed E-state index contributed by atoms with van der Waals surface area (Å²) in [6.07, 6.45) is 0. The Morgan fingerprint density at radius 3 is 2.08 bits per heavy atom. The second-order valence-electron chi connectivity index (χ2n) is 11.1. The molecule has 1 unspecified atom stereocenters. The van der Waals surface area contributed by atoms with Crippen LogP contribution in [0, 0.1) is 6.92 Å². The van der Waals surface area contributed by atoms with E-state index >= 15 is 0 Å². The van der Waals surface area contributed by atoms with Crippen molar-refractivity contribution >= 4 is 29.3 Å². The summed E-state index contributed by atoms with van der Waals surface area (Å²) in [5.41, 5.74) is 2.53. The van der Waals surface area contributed by atoms with Crippen LogP contribution in [0.5, 0.6) is 0 Å². The number of benzene rings is 1. The molecule has 0 bridgehead atoms. The summed E-state index contributed by atoms with van der Waals surface area (Å²) in [7, 11) is 0. The predicted octanol–water partition coefficient (Wildman–Crippen LogP) is 2.85. The van der Waals surface area contributed by atoms with Crippen molar-refractivity contribution in [1.29, 1.82) is 0 Å². The minimum Gasteiger partial charge on any atom is -0.478 e. The molecule has 1 aliphatic heterocycles. The number of carbonyl (C=O) groups is 2. The molecule has 2 heterocycles. The van der Waals surface area contributed by atoms with Crippen LogP contribution in [0.1, 0.15) is 43.7 Å². The third-order valence-corrected chi connectivity index (χ3v) is 7.92. The lowest BCUT2D eigenvalue weighted by Gasteiger charge is -2.31. The summed E-state index contributed by atoms with van der Waals surface area (Å²) in [5.74, 6) is -2.04. The maximum absolute atomic E-state index is 11.7. The first-order valence-corrected chi connectivity index (χ1v) is 16.8. The highest BCUT2D eigenvalue weighted by molar-refractivity contribution is 7.78. The fraction of sp³-hybridized carbons (Fsp3) is 0.588. The van der Waals surface area contributed by atoms with Crippen molar-refractivity contribution in [3.8, 4) is 0 Å². The van der Waals surface area contributed by atoms with Gasteiger partial charge in [-0.3, -0.25) is 9.80 Å². The SMILES string of the molecule is Cc1c(CN2CCOCCOCCN(C(COCCOCCN=C=S)c3cccc(C(=O)O)n3)CCOCCOCC2)cccc1C(=O)O. The van der Waals surface area contributed by atoms with Crippen LogP contribution >= 0.6 is 12.2 Å². The minimum absolute atomic E-state index is 0.0457. The summed E-state index contributed by atoms with van der Waals surface area (Å²) < 4.78 is 35.1. The summed E-state index contributed by atoms with van der Waals surface area (Å²) >= 11 is 4.56. The molecule has 0 spiro atoms. The van der Waals surface area contributed by atoms with Gasteiger partial charge in [-0.15, -0.1) is 0 Å². The van der Waals surface area contributed by atoms with Crippen molar-refractivity contribution in [3.05, 3.63) is 64.5 Å². The molecule has 2 aromatic rings. The van der Waals surface area contributed by atoms with Crippen LogP contribution in [0.4, 0.5) is 0 Å². The number of aliphatic imine (C=N–C) groups is 1. The average Bonchev–Trinajstić information content (AvgIpc) is 3.09. The molecule has 1 fully saturated rings. The van der Waals surface area contributed by atoms with E-state index in [4.69, 9.17) is 28.4 Å². The van der Waals surface area contributed by atoms with Crippen LogP contribution < -0.4 is 0 Å². The number of ether oxygens (including phenoxy) is 6. The molecular weight excluding hydrogens is 656 g/mol. The van der Waals surface area contributed by atoms with Gasteiger partial charge in [-0.1, -0.05) is 18.2 Å².